The molecule has 0 atom stereocenters. The number of amides is 1. The normalized spacial score (nSPS) is 11.1. The molecule has 9 heteroatoms. The molecule has 0 aromatic carbocycles. The Bertz CT molecular complexity index is 562. The van der Waals surface area contributed by atoms with Gasteiger partial charge in [-0.05, 0) is 12.1 Å². The van der Waals surface area contributed by atoms with Crippen molar-refractivity contribution in [3.8, 4) is 0 Å². The van der Waals surface area contributed by atoms with Crippen LogP contribution in [0.5, 0.6) is 0 Å². The number of carbonyl (C=O) groups excluding carboxylic acids is 1. The quantitative estimate of drug-likeness (QED) is 0.533. The van der Waals surface area contributed by atoms with Gasteiger partial charge in [-0.15, -0.1) is 0 Å². The van der Waals surface area contributed by atoms with Crippen LogP contribution in [0.4, 0.5) is 5.82 Å². The summed E-state index contributed by atoms with van der Waals surface area (Å²) in [5.74, 6) is 0.0179. The third kappa shape index (κ3) is 5.66. The van der Waals surface area contributed by atoms with Gasteiger partial charge in [-0.3, -0.25) is 4.79 Å². The zero-order chi connectivity index (χ0) is 15.7. The van der Waals surface area contributed by atoms with Crippen LogP contribution in [0.15, 0.2) is 23.2 Å². The second-order valence-electron chi connectivity index (χ2n) is 4.09. The summed E-state index contributed by atoms with van der Waals surface area (Å²) in [7, 11) is -0.580. The van der Waals surface area contributed by atoms with E-state index in [1.54, 1.807) is 7.05 Å². The Morgan fingerprint density at radius 1 is 1.38 bits per heavy atom. The van der Waals surface area contributed by atoms with Gasteiger partial charge < -0.3 is 15.4 Å². The second-order valence-corrected chi connectivity index (χ2v) is 5.83. The van der Waals surface area contributed by atoms with Crippen molar-refractivity contribution in [1.29, 1.82) is 0 Å². The highest BCUT2D eigenvalue weighted by Gasteiger charge is 2.18. The summed E-state index contributed by atoms with van der Waals surface area (Å²) in [5, 5.41) is 5.32. The molecule has 0 unspecified atom stereocenters. The van der Waals surface area contributed by atoms with Gasteiger partial charge in [0.15, 0.2) is 0 Å². The molecule has 21 heavy (non-hydrogen) atoms. The summed E-state index contributed by atoms with van der Waals surface area (Å²) in [6, 6.07) is 2.98. The zero-order valence-corrected chi connectivity index (χ0v) is 12.9. The molecule has 0 aliphatic rings. The molecule has 3 N–H and O–H groups in total. The van der Waals surface area contributed by atoms with Crippen LogP contribution in [0, 0.1) is 0 Å². The van der Waals surface area contributed by atoms with Crippen molar-refractivity contribution < 1.29 is 17.9 Å². The van der Waals surface area contributed by atoms with Crippen molar-refractivity contribution in [2.24, 2.45) is 0 Å². The fourth-order valence-corrected chi connectivity index (χ4v) is 2.75. The Labute approximate surface area is 124 Å². The van der Waals surface area contributed by atoms with E-state index in [0.29, 0.717) is 13.2 Å². The van der Waals surface area contributed by atoms with E-state index < -0.39 is 10.0 Å². The summed E-state index contributed by atoms with van der Waals surface area (Å²) in [4.78, 5) is 15.4. The van der Waals surface area contributed by atoms with Crippen LogP contribution in [0.1, 0.15) is 6.42 Å². The molecule has 118 valence electrons. The van der Waals surface area contributed by atoms with E-state index in [4.69, 9.17) is 4.74 Å². The number of rotatable bonds is 9. The van der Waals surface area contributed by atoms with Gasteiger partial charge in [0.05, 0.1) is 6.61 Å². The van der Waals surface area contributed by atoms with Gasteiger partial charge in [-0.25, -0.2) is 18.1 Å². The number of aromatic nitrogens is 1. The highest BCUT2D eigenvalue weighted by Crippen LogP contribution is 2.16. The van der Waals surface area contributed by atoms with Crippen LogP contribution in [0.3, 0.4) is 0 Å². The van der Waals surface area contributed by atoms with Gasteiger partial charge in [0, 0.05) is 39.9 Å². The van der Waals surface area contributed by atoms with E-state index in [0.717, 1.165) is 0 Å². The largest absolute Gasteiger partial charge is 0.383 e. The molecule has 0 fully saturated rings. The van der Waals surface area contributed by atoms with E-state index >= 15 is 0 Å². The van der Waals surface area contributed by atoms with E-state index in [2.05, 4.69) is 20.3 Å². The molecule has 8 nitrogen and oxygen atoms in total. The zero-order valence-electron chi connectivity index (χ0n) is 12.0. The molecule has 0 aliphatic heterocycles. The van der Waals surface area contributed by atoms with E-state index in [-0.39, 0.29) is 29.6 Å². The summed E-state index contributed by atoms with van der Waals surface area (Å²) in [5.41, 5.74) is 0. The van der Waals surface area contributed by atoms with Crippen LogP contribution < -0.4 is 15.4 Å². The highest BCUT2D eigenvalue weighted by molar-refractivity contribution is 7.89. The first-order chi connectivity index (χ1) is 10.0. The molecule has 1 heterocycles. The minimum absolute atomic E-state index is 0.0131. The minimum atomic E-state index is -3.70. The molecular formula is C12H20N4O4S. The third-order valence-corrected chi connectivity index (χ3v) is 4.06. The SMILES string of the molecule is CNc1ncccc1S(=O)(=O)NCCC(=O)NCCOC. The number of ether oxygens (including phenoxy) is 1. The van der Waals surface area contributed by atoms with Crippen molar-refractivity contribution >= 4 is 21.7 Å². The standard InChI is InChI=1S/C12H20N4O4S/c1-13-12-10(4-3-6-15-12)21(18,19)16-7-5-11(17)14-8-9-20-2/h3-4,6,16H,5,7-9H2,1-2H3,(H,13,15)(H,14,17). The molecule has 0 spiro atoms. The number of nitrogens with zero attached hydrogens (tertiary/aromatic N) is 1. The first-order valence-corrected chi connectivity index (χ1v) is 7.87. The van der Waals surface area contributed by atoms with Crippen molar-refractivity contribution in [1.82, 2.24) is 15.0 Å². The Hall–Kier alpha value is -1.71. The maximum absolute atomic E-state index is 12.1. The van der Waals surface area contributed by atoms with Crippen molar-refractivity contribution in [3.05, 3.63) is 18.3 Å². The lowest BCUT2D eigenvalue weighted by Gasteiger charge is -2.10. The molecule has 1 rings (SSSR count). The number of anilines is 1. The lowest BCUT2D eigenvalue weighted by atomic mass is 10.4. The van der Waals surface area contributed by atoms with Gasteiger partial charge in [-0.2, -0.15) is 0 Å². The Morgan fingerprint density at radius 3 is 2.81 bits per heavy atom. The molecule has 1 aromatic rings. The lowest BCUT2D eigenvalue weighted by molar-refractivity contribution is -0.121. The molecular weight excluding hydrogens is 296 g/mol. The number of hydrogen-bond acceptors (Lipinski definition) is 6. The van der Waals surface area contributed by atoms with E-state index in [9.17, 15) is 13.2 Å². The van der Waals surface area contributed by atoms with Crippen LogP contribution in [-0.2, 0) is 19.6 Å². The summed E-state index contributed by atoms with van der Waals surface area (Å²) >= 11 is 0. The first-order valence-electron chi connectivity index (χ1n) is 6.39. The molecule has 0 radical (unpaired) electrons. The van der Waals surface area contributed by atoms with Crippen LogP contribution in [0.25, 0.3) is 0 Å². The number of methoxy groups -OCH3 is 1. The molecule has 0 saturated carbocycles. The Balaban J connectivity index is 2.52. The number of nitrogens with one attached hydrogen (secondary N) is 3. The predicted molar refractivity (Wildman–Crippen MR) is 78.5 cm³/mol. The molecule has 0 aliphatic carbocycles. The third-order valence-electron chi connectivity index (χ3n) is 2.57. The van der Waals surface area contributed by atoms with Crippen molar-refractivity contribution in [3.63, 3.8) is 0 Å². The second kappa shape index (κ2) is 8.55. The van der Waals surface area contributed by atoms with E-state index in [1.807, 2.05) is 0 Å². The van der Waals surface area contributed by atoms with Gasteiger partial charge >= 0.3 is 0 Å². The smallest absolute Gasteiger partial charge is 0.244 e. The number of hydrogen-bond donors (Lipinski definition) is 3. The predicted octanol–water partition coefficient (Wildman–Crippen LogP) is -0.446. The van der Waals surface area contributed by atoms with Crippen LogP contribution in [0.2, 0.25) is 0 Å². The molecule has 1 aromatic heterocycles. The summed E-state index contributed by atoms with van der Waals surface area (Å²) in [6.45, 7) is 0.826. The topological polar surface area (TPSA) is 109 Å². The maximum atomic E-state index is 12.1. The summed E-state index contributed by atoms with van der Waals surface area (Å²) < 4.78 is 31.4. The van der Waals surface area contributed by atoms with Gasteiger partial charge in [-0.1, -0.05) is 0 Å². The number of sulfonamides is 1. The van der Waals surface area contributed by atoms with Crippen LogP contribution in [-0.4, -0.2) is 53.2 Å². The molecule has 0 saturated heterocycles. The first kappa shape index (κ1) is 17.3. The van der Waals surface area contributed by atoms with Crippen molar-refractivity contribution in [2.75, 3.05) is 39.2 Å². The van der Waals surface area contributed by atoms with Gasteiger partial charge in [0.25, 0.3) is 0 Å². The Kier molecular flexibility index (Phi) is 7.06. The average Bonchev–Trinajstić information content (AvgIpc) is 2.47. The fourth-order valence-electron chi connectivity index (χ4n) is 1.55. The van der Waals surface area contributed by atoms with Crippen LogP contribution >= 0.6 is 0 Å². The lowest BCUT2D eigenvalue weighted by Crippen LogP contribution is -2.32. The van der Waals surface area contributed by atoms with Gasteiger partial charge in [0.1, 0.15) is 10.7 Å². The Morgan fingerprint density at radius 2 is 2.14 bits per heavy atom. The van der Waals surface area contributed by atoms with Crippen molar-refractivity contribution in [2.45, 2.75) is 11.3 Å². The number of carbonyl (C=O) groups is 1. The summed E-state index contributed by atoms with van der Waals surface area (Å²) in [6.07, 6.45) is 1.55. The average molecular weight is 316 g/mol. The highest BCUT2D eigenvalue weighted by atomic mass is 32.2. The minimum Gasteiger partial charge on any atom is -0.383 e. The molecule has 1 amide bonds. The van der Waals surface area contributed by atoms with Gasteiger partial charge in [0.2, 0.25) is 15.9 Å². The molecule has 0 bridgehead atoms. The monoisotopic (exact) mass is 316 g/mol. The number of pyridine rings is 1. The fraction of sp³-hybridized carbons (Fsp3) is 0.500. The van der Waals surface area contributed by atoms with E-state index in [1.165, 1.54) is 25.4 Å². The maximum Gasteiger partial charge on any atom is 0.244 e.